The van der Waals surface area contributed by atoms with Crippen LogP contribution in [-0.4, -0.2) is 56.5 Å². The summed E-state index contributed by atoms with van der Waals surface area (Å²) >= 11 is -0.349. The third-order valence-corrected chi connectivity index (χ3v) is 2.63. The molecule has 0 aliphatic carbocycles. The van der Waals surface area contributed by atoms with E-state index in [1.807, 2.05) is 18.2 Å². The number of hydrogen-bond donors (Lipinski definition) is 0. The Kier molecular flexibility index (Phi) is 14.3. The van der Waals surface area contributed by atoms with Gasteiger partial charge in [-0.2, -0.15) is 0 Å². The fraction of sp³-hybridized carbons (Fsp3) is 0.538. The van der Waals surface area contributed by atoms with E-state index in [2.05, 4.69) is 19.1 Å². The van der Waals surface area contributed by atoms with Gasteiger partial charge in [0.25, 0.3) is 0 Å². The van der Waals surface area contributed by atoms with Crippen molar-refractivity contribution in [3.8, 4) is 0 Å². The molecule has 0 N–H and O–H groups in total. The Morgan fingerprint density at radius 3 is 1.72 bits per heavy atom. The molecule has 0 atom stereocenters. The van der Waals surface area contributed by atoms with E-state index in [-0.39, 0.29) is 17.3 Å². The maximum Gasteiger partial charge on any atom is -0.0398 e. The molecule has 5 heteroatoms. The Morgan fingerprint density at radius 2 is 1.39 bits per heavy atom. The summed E-state index contributed by atoms with van der Waals surface area (Å²) in [6, 6.07) is 10.3. The van der Waals surface area contributed by atoms with Gasteiger partial charge in [-0.1, -0.05) is 35.9 Å². The first-order valence-corrected chi connectivity index (χ1v) is 6.80. The Hall–Kier alpha value is -0.408. The topological polar surface area (TPSA) is 36.9 Å². The standard InChI is InChI=1S/C7H8.2C3H7O2.Al.H/c1-7-5-3-2-4-6-7;2*1-5-3-2-4;;/h2-6H,1H3;2*2-3H2,1H3;;/q;2*-1;+3;-1. The second kappa shape index (κ2) is 14.7. The molecule has 0 spiro atoms. The summed E-state index contributed by atoms with van der Waals surface area (Å²) in [5.74, 6) is 0. The van der Waals surface area contributed by atoms with Gasteiger partial charge in [-0.15, -0.1) is 0 Å². The number of rotatable bonds is 8. The Balaban J connectivity index is 0. The van der Waals surface area contributed by atoms with Gasteiger partial charge in [-0.25, -0.2) is 0 Å². The van der Waals surface area contributed by atoms with Gasteiger partial charge in [0.2, 0.25) is 0 Å². The zero-order chi connectivity index (χ0) is 13.5. The molecule has 1 rings (SSSR count). The van der Waals surface area contributed by atoms with Crippen LogP contribution in [0.2, 0.25) is 0 Å². The fourth-order valence-corrected chi connectivity index (χ4v) is 1.42. The molecule has 102 valence electrons. The summed E-state index contributed by atoms with van der Waals surface area (Å²) in [6.07, 6.45) is 0. The average Bonchev–Trinajstić information content (AvgIpc) is 2.39. The van der Waals surface area contributed by atoms with Crippen LogP contribution >= 0.6 is 0 Å². The van der Waals surface area contributed by atoms with Gasteiger partial charge in [0.1, 0.15) is 0 Å². The van der Waals surface area contributed by atoms with E-state index in [1.165, 1.54) is 5.56 Å². The summed E-state index contributed by atoms with van der Waals surface area (Å²) in [4.78, 5) is 0. The zero-order valence-corrected chi connectivity index (χ0v) is 12.6. The van der Waals surface area contributed by atoms with Crippen molar-refractivity contribution in [3.05, 3.63) is 35.9 Å². The summed E-state index contributed by atoms with van der Waals surface area (Å²) in [5.41, 5.74) is 1.32. The van der Waals surface area contributed by atoms with Crippen molar-refractivity contribution < 1.29 is 18.5 Å². The minimum absolute atomic E-state index is 0. The van der Waals surface area contributed by atoms with E-state index < -0.39 is 0 Å². The second-order valence-corrected chi connectivity index (χ2v) is 4.34. The van der Waals surface area contributed by atoms with Gasteiger partial charge in [-0.05, 0) is 6.92 Å². The van der Waals surface area contributed by atoms with E-state index >= 15 is 0 Å². The van der Waals surface area contributed by atoms with E-state index in [9.17, 15) is 0 Å². The number of hydrogen-bond acceptors (Lipinski definition) is 4. The van der Waals surface area contributed by atoms with Crippen molar-refractivity contribution in [1.82, 2.24) is 0 Å². The Labute approximate surface area is 118 Å². The molecular formula is C13H23AlO4. The van der Waals surface area contributed by atoms with Crippen LogP contribution in [0.15, 0.2) is 30.3 Å². The predicted molar refractivity (Wildman–Crippen MR) is 73.7 cm³/mol. The monoisotopic (exact) mass is 270 g/mol. The van der Waals surface area contributed by atoms with Gasteiger partial charge in [0.05, 0.1) is 0 Å². The first-order valence-electron chi connectivity index (χ1n) is 5.85. The fourth-order valence-electron chi connectivity index (χ4n) is 0.942. The quantitative estimate of drug-likeness (QED) is 0.534. The van der Waals surface area contributed by atoms with Gasteiger partial charge >= 0.3 is 73.6 Å². The van der Waals surface area contributed by atoms with E-state index in [4.69, 9.17) is 17.1 Å². The van der Waals surface area contributed by atoms with Gasteiger partial charge in [-0.3, -0.25) is 0 Å². The van der Waals surface area contributed by atoms with Crippen molar-refractivity contribution >= 4 is 15.9 Å². The molecule has 1 aromatic carbocycles. The van der Waals surface area contributed by atoms with Crippen molar-refractivity contribution in [2.45, 2.75) is 6.92 Å². The van der Waals surface area contributed by atoms with Crippen LogP contribution in [-0.2, 0) is 17.1 Å². The van der Waals surface area contributed by atoms with E-state index in [0.717, 1.165) is 0 Å². The van der Waals surface area contributed by atoms with Crippen LogP contribution in [0.3, 0.4) is 0 Å². The van der Waals surface area contributed by atoms with Gasteiger partial charge in [0, 0.05) is 0 Å². The SMILES string of the molecule is COCC[O][Al+][O]CCOC.Cc1ccccc1.[H-]. The molecule has 1 aromatic rings. The molecule has 0 heterocycles. The van der Waals surface area contributed by atoms with Crippen LogP contribution < -0.4 is 0 Å². The molecule has 0 radical (unpaired) electrons. The number of ether oxygens (including phenoxy) is 2. The summed E-state index contributed by atoms with van der Waals surface area (Å²) < 4.78 is 19.8. The second-order valence-electron chi connectivity index (χ2n) is 3.48. The van der Waals surface area contributed by atoms with Crippen molar-refractivity contribution in [2.75, 3.05) is 40.6 Å². The van der Waals surface area contributed by atoms with Crippen LogP contribution in [0.1, 0.15) is 6.99 Å². The number of methoxy groups -OCH3 is 2. The first-order chi connectivity index (χ1) is 8.81. The van der Waals surface area contributed by atoms with Crippen LogP contribution in [0.5, 0.6) is 0 Å². The Bertz CT molecular complexity index is 254. The maximum atomic E-state index is 5.10. The van der Waals surface area contributed by atoms with Crippen LogP contribution in [0.4, 0.5) is 0 Å². The zero-order valence-electron chi connectivity index (χ0n) is 12.4. The third-order valence-electron chi connectivity index (χ3n) is 1.89. The molecule has 18 heavy (non-hydrogen) atoms. The molecular weight excluding hydrogens is 247 g/mol. The third kappa shape index (κ3) is 13.7. The van der Waals surface area contributed by atoms with E-state index in [0.29, 0.717) is 26.4 Å². The predicted octanol–water partition coefficient (Wildman–Crippen LogP) is 1.95. The minimum atomic E-state index is -0.349. The summed E-state index contributed by atoms with van der Waals surface area (Å²) in [5, 5.41) is 0. The van der Waals surface area contributed by atoms with Gasteiger partial charge < -0.3 is 1.43 Å². The molecule has 0 unspecified atom stereocenters. The van der Waals surface area contributed by atoms with E-state index in [1.54, 1.807) is 14.2 Å². The van der Waals surface area contributed by atoms with Crippen molar-refractivity contribution in [3.63, 3.8) is 0 Å². The maximum absolute atomic E-state index is 5.10. The smallest absolute Gasteiger partial charge is 0.0398 e. The van der Waals surface area contributed by atoms with Crippen molar-refractivity contribution in [1.29, 1.82) is 0 Å². The molecule has 0 saturated heterocycles. The summed E-state index contributed by atoms with van der Waals surface area (Å²) in [6.45, 7) is 4.55. The molecule has 0 bridgehead atoms. The van der Waals surface area contributed by atoms with Crippen LogP contribution in [0.25, 0.3) is 0 Å². The molecule has 0 aliphatic heterocycles. The molecule has 0 fully saturated rings. The average molecular weight is 270 g/mol. The normalized spacial score (nSPS) is 9.28. The molecule has 0 aliphatic rings. The molecule has 4 nitrogen and oxygen atoms in total. The number of benzene rings is 1. The van der Waals surface area contributed by atoms with Gasteiger partial charge in [0.15, 0.2) is 0 Å². The minimum Gasteiger partial charge on any atom is -1.00 e. The number of aryl methyl sites for hydroxylation is 1. The first kappa shape index (κ1) is 17.6. The van der Waals surface area contributed by atoms with Crippen LogP contribution in [0, 0.1) is 6.92 Å². The summed E-state index contributed by atoms with van der Waals surface area (Å²) in [7, 11) is 3.29. The Morgan fingerprint density at radius 1 is 0.889 bits per heavy atom. The molecule has 0 aromatic heterocycles. The van der Waals surface area contributed by atoms with Crippen molar-refractivity contribution in [2.24, 2.45) is 0 Å². The molecule has 0 saturated carbocycles. The largest absolute Gasteiger partial charge is 1.00 e. The molecule has 0 amide bonds.